The Morgan fingerprint density at radius 2 is 1.94 bits per heavy atom. The van der Waals surface area contributed by atoms with Crippen molar-refractivity contribution in [2.75, 3.05) is 31.6 Å². The Labute approximate surface area is 204 Å². The number of thiazole rings is 1. The average molecular weight is 478 g/mol. The maximum Gasteiger partial charge on any atom is 0.240 e. The van der Waals surface area contributed by atoms with Crippen molar-refractivity contribution in [1.29, 1.82) is 0 Å². The molecule has 2 atom stereocenters. The molecule has 2 saturated heterocycles. The van der Waals surface area contributed by atoms with E-state index >= 15 is 0 Å². The highest BCUT2D eigenvalue weighted by Gasteiger charge is 2.47. The number of anilines is 1. The highest BCUT2D eigenvalue weighted by atomic mass is 32.1. The number of benzene rings is 2. The van der Waals surface area contributed by atoms with Crippen molar-refractivity contribution in [3.8, 4) is 11.3 Å². The number of nitrogens with zero attached hydrogens (tertiary/aromatic N) is 2. The zero-order chi connectivity index (χ0) is 23.4. The van der Waals surface area contributed by atoms with E-state index in [4.69, 9.17) is 9.47 Å². The van der Waals surface area contributed by atoms with Gasteiger partial charge in [-0.1, -0.05) is 60.7 Å². The fourth-order valence-corrected chi connectivity index (χ4v) is 5.82. The van der Waals surface area contributed by atoms with E-state index < -0.39 is 0 Å². The minimum absolute atomic E-state index is 0.0431. The second-order valence-electron chi connectivity index (χ2n) is 9.13. The zero-order valence-electron chi connectivity index (χ0n) is 19.5. The van der Waals surface area contributed by atoms with Gasteiger partial charge in [-0.2, -0.15) is 0 Å². The molecule has 5 rings (SSSR count). The molecule has 0 aliphatic carbocycles. The SMILES string of the molecule is Cc1sc(NC(=O)CN2CC[C@@]3(CCCO3)[C@@H](OCc3ccccc3)C2)nc1-c1ccccc1. The number of amides is 1. The summed E-state index contributed by atoms with van der Waals surface area (Å²) in [5, 5.41) is 3.65. The van der Waals surface area contributed by atoms with Gasteiger partial charge in [0.05, 0.1) is 30.6 Å². The molecular formula is C27H31N3O3S. The lowest BCUT2D eigenvalue weighted by molar-refractivity contribution is -0.159. The summed E-state index contributed by atoms with van der Waals surface area (Å²) < 4.78 is 12.6. The maximum absolute atomic E-state index is 12.9. The third-order valence-electron chi connectivity index (χ3n) is 6.75. The minimum Gasteiger partial charge on any atom is -0.372 e. The van der Waals surface area contributed by atoms with E-state index in [1.54, 1.807) is 0 Å². The van der Waals surface area contributed by atoms with Crippen LogP contribution >= 0.6 is 11.3 Å². The first kappa shape index (κ1) is 23.2. The molecule has 3 aromatic rings. The van der Waals surface area contributed by atoms with Gasteiger partial charge >= 0.3 is 0 Å². The van der Waals surface area contributed by atoms with Crippen LogP contribution in [0.4, 0.5) is 5.13 Å². The molecule has 0 bridgehead atoms. The summed E-state index contributed by atoms with van der Waals surface area (Å²) in [4.78, 5) is 20.8. The lowest BCUT2D eigenvalue weighted by Crippen LogP contribution is -2.57. The maximum atomic E-state index is 12.9. The Kier molecular flexibility index (Phi) is 7.06. The summed E-state index contributed by atoms with van der Waals surface area (Å²) in [6, 6.07) is 20.3. The number of likely N-dealkylation sites (tertiary alicyclic amines) is 1. The number of piperidine rings is 1. The zero-order valence-corrected chi connectivity index (χ0v) is 20.4. The van der Waals surface area contributed by atoms with E-state index in [1.807, 2.05) is 55.5 Å². The number of ether oxygens (including phenoxy) is 2. The molecule has 1 spiro atoms. The Balaban J connectivity index is 1.21. The second kappa shape index (κ2) is 10.4. The van der Waals surface area contributed by atoms with Gasteiger partial charge < -0.3 is 14.8 Å². The highest BCUT2D eigenvalue weighted by molar-refractivity contribution is 7.16. The van der Waals surface area contributed by atoms with Crippen LogP contribution in [0, 0.1) is 6.92 Å². The number of hydrogen-bond donors (Lipinski definition) is 1. The van der Waals surface area contributed by atoms with Crippen LogP contribution in [0.5, 0.6) is 0 Å². The van der Waals surface area contributed by atoms with Crippen molar-refractivity contribution in [3.05, 3.63) is 71.1 Å². The molecule has 2 aliphatic rings. The molecule has 178 valence electrons. The number of rotatable bonds is 7. The van der Waals surface area contributed by atoms with Crippen LogP contribution in [0.1, 0.15) is 29.7 Å². The van der Waals surface area contributed by atoms with E-state index in [-0.39, 0.29) is 17.6 Å². The molecular weight excluding hydrogens is 446 g/mol. The van der Waals surface area contributed by atoms with Crippen LogP contribution < -0.4 is 5.32 Å². The van der Waals surface area contributed by atoms with Crippen molar-refractivity contribution in [2.45, 2.75) is 44.5 Å². The second-order valence-corrected chi connectivity index (χ2v) is 10.3. The highest BCUT2D eigenvalue weighted by Crippen LogP contribution is 2.38. The van der Waals surface area contributed by atoms with Gasteiger partial charge in [-0.25, -0.2) is 4.98 Å². The van der Waals surface area contributed by atoms with E-state index in [0.717, 1.165) is 54.1 Å². The van der Waals surface area contributed by atoms with Crippen LogP contribution in [0.25, 0.3) is 11.3 Å². The van der Waals surface area contributed by atoms with Gasteiger partial charge in [-0.15, -0.1) is 11.3 Å². The van der Waals surface area contributed by atoms with Crippen LogP contribution in [0.3, 0.4) is 0 Å². The number of aryl methyl sites for hydroxylation is 1. The van der Waals surface area contributed by atoms with Gasteiger partial charge in [0, 0.05) is 30.1 Å². The molecule has 1 amide bonds. The summed E-state index contributed by atoms with van der Waals surface area (Å²) in [5.74, 6) is -0.0431. The Morgan fingerprint density at radius 3 is 2.68 bits per heavy atom. The standard InChI is InChI=1S/C27H31N3O3S/c1-20-25(22-11-6-3-7-12-22)29-26(34-20)28-24(31)18-30-15-14-27(13-8-16-33-27)23(17-30)32-19-21-9-4-2-5-10-21/h2-7,9-12,23H,8,13-19H2,1H3,(H,28,29,31)/t23-,27-/m0/s1. The van der Waals surface area contributed by atoms with Crippen LogP contribution in [0.2, 0.25) is 0 Å². The molecule has 0 radical (unpaired) electrons. The van der Waals surface area contributed by atoms with E-state index in [1.165, 1.54) is 11.3 Å². The fourth-order valence-electron chi connectivity index (χ4n) is 4.97. The third-order valence-corrected chi connectivity index (χ3v) is 7.63. The quantitative estimate of drug-likeness (QED) is 0.525. The van der Waals surface area contributed by atoms with Crippen molar-refractivity contribution < 1.29 is 14.3 Å². The molecule has 1 N–H and O–H groups in total. The van der Waals surface area contributed by atoms with Crippen molar-refractivity contribution >= 4 is 22.4 Å². The van der Waals surface area contributed by atoms with Gasteiger partial charge in [0.2, 0.25) is 5.91 Å². The van der Waals surface area contributed by atoms with E-state index in [0.29, 0.717) is 24.8 Å². The molecule has 6 nitrogen and oxygen atoms in total. The summed E-state index contributed by atoms with van der Waals surface area (Å²) in [6.45, 7) is 5.21. The summed E-state index contributed by atoms with van der Waals surface area (Å²) in [5.41, 5.74) is 2.92. The Morgan fingerprint density at radius 1 is 1.18 bits per heavy atom. The smallest absolute Gasteiger partial charge is 0.240 e. The van der Waals surface area contributed by atoms with Crippen LogP contribution in [0.15, 0.2) is 60.7 Å². The molecule has 2 aliphatic heterocycles. The Bertz CT molecular complexity index is 1100. The summed E-state index contributed by atoms with van der Waals surface area (Å²) in [7, 11) is 0. The third kappa shape index (κ3) is 5.23. The molecule has 2 fully saturated rings. The molecule has 1 aromatic heterocycles. The monoisotopic (exact) mass is 477 g/mol. The first-order valence-corrected chi connectivity index (χ1v) is 12.8. The molecule has 2 aromatic carbocycles. The van der Waals surface area contributed by atoms with Gasteiger partial charge in [0.25, 0.3) is 0 Å². The normalized spacial score (nSPS) is 22.8. The molecule has 7 heteroatoms. The van der Waals surface area contributed by atoms with Crippen LogP contribution in [-0.2, 0) is 20.9 Å². The first-order valence-electron chi connectivity index (χ1n) is 12.0. The van der Waals surface area contributed by atoms with Gasteiger partial charge in [-0.3, -0.25) is 9.69 Å². The molecule has 0 unspecified atom stereocenters. The van der Waals surface area contributed by atoms with Crippen LogP contribution in [-0.4, -0.2) is 53.7 Å². The van der Waals surface area contributed by atoms with Gasteiger partial charge in [-0.05, 0) is 31.7 Å². The van der Waals surface area contributed by atoms with E-state index in [9.17, 15) is 4.79 Å². The lowest BCUT2D eigenvalue weighted by atomic mass is 9.85. The van der Waals surface area contributed by atoms with Crippen molar-refractivity contribution in [2.24, 2.45) is 0 Å². The molecule has 34 heavy (non-hydrogen) atoms. The lowest BCUT2D eigenvalue weighted by Gasteiger charge is -2.44. The van der Waals surface area contributed by atoms with Crippen molar-refractivity contribution in [3.63, 3.8) is 0 Å². The molecule has 0 saturated carbocycles. The minimum atomic E-state index is -0.223. The predicted molar refractivity (Wildman–Crippen MR) is 135 cm³/mol. The summed E-state index contributed by atoms with van der Waals surface area (Å²) in [6.07, 6.45) is 2.92. The number of carbonyl (C=O) groups is 1. The number of aromatic nitrogens is 1. The summed E-state index contributed by atoms with van der Waals surface area (Å²) >= 11 is 1.51. The topological polar surface area (TPSA) is 63.7 Å². The number of hydrogen-bond acceptors (Lipinski definition) is 6. The largest absolute Gasteiger partial charge is 0.372 e. The van der Waals surface area contributed by atoms with E-state index in [2.05, 4.69) is 27.3 Å². The van der Waals surface area contributed by atoms with Gasteiger partial charge in [0.1, 0.15) is 0 Å². The average Bonchev–Trinajstić information content (AvgIpc) is 3.47. The van der Waals surface area contributed by atoms with Gasteiger partial charge in [0.15, 0.2) is 5.13 Å². The molecule has 3 heterocycles. The fraction of sp³-hybridized carbons (Fsp3) is 0.407. The number of nitrogens with one attached hydrogen (secondary N) is 1. The first-order chi connectivity index (χ1) is 16.6. The predicted octanol–water partition coefficient (Wildman–Crippen LogP) is 4.90. The Hall–Kier alpha value is -2.58. The van der Waals surface area contributed by atoms with Crippen molar-refractivity contribution in [1.82, 2.24) is 9.88 Å². The number of carbonyl (C=O) groups excluding carboxylic acids is 1.